The van der Waals surface area contributed by atoms with E-state index in [2.05, 4.69) is 0 Å². The van der Waals surface area contributed by atoms with E-state index >= 15 is 0 Å². The fraction of sp³-hybridized carbons (Fsp3) is 0.391. The summed E-state index contributed by atoms with van der Waals surface area (Å²) in [5.41, 5.74) is -0.732. The molecule has 5 nitrogen and oxygen atoms in total. The number of piperidine rings is 1. The average molecular weight is 430 g/mol. The Balaban J connectivity index is 1.32. The van der Waals surface area contributed by atoms with E-state index in [0.717, 1.165) is 18.4 Å². The molecule has 2 unspecified atom stereocenters. The van der Waals surface area contributed by atoms with Gasteiger partial charge in [0.05, 0.1) is 6.04 Å². The van der Waals surface area contributed by atoms with Crippen LogP contribution in [0, 0.1) is 17.5 Å². The minimum absolute atomic E-state index is 0.0415. The van der Waals surface area contributed by atoms with Gasteiger partial charge in [0.2, 0.25) is 0 Å². The third-order valence-electron chi connectivity index (χ3n) is 6.58. The average Bonchev–Trinajstić information content (AvgIpc) is 3.27. The molecule has 0 aromatic heterocycles. The smallest absolute Gasteiger partial charge is 0.259 e. The van der Waals surface area contributed by atoms with Crippen LogP contribution in [0.5, 0.6) is 0 Å². The Morgan fingerprint density at radius 2 is 1.65 bits per heavy atom. The predicted molar refractivity (Wildman–Crippen MR) is 104 cm³/mol. The third-order valence-corrected chi connectivity index (χ3v) is 6.58. The number of amides is 2. The highest BCUT2D eigenvalue weighted by atomic mass is 19.1. The maximum absolute atomic E-state index is 14.0. The van der Waals surface area contributed by atoms with Crippen molar-refractivity contribution in [3.63, 3.8) is 0 Å². The van der Waals surface area contributed by atoms with E-state index in [1.54, 1.807) is 0 Å². The number of rotatable bonds is 2. The van der Waals surface area contributed by atoms with Gasteiger partial charge in [0.15, 0.2) is 5.60 Å². The Morgan fingerprint density at radius 1 is 1.00 bits per heavy atom. The van der Waals surface area contributed by atoms with E-state index in [0.29, 0.717) is 12.1 Å². The molecule has 0 radical (unpaired) electrons. The number of halogens is 3. The summed E-state index contributed by atoms with van der Waals surface area (Å²) in [5, 5.41) is 0. The molecule has 3 aliphatic heterocycles. The van der Waals surface area contributed by atoms with Crippen molar-refractivity contribution >= 4 is 11.8 Å². The van der Waals surface area contributed by atoms with Crippen molar-refractivity contribution in [2.45, 2.75) is 43.6 Å². The lowest BCUT2D eigenvalue weighted by Crippen LogP contribution is -2.51. The maximum Gasteiger partial charge on any atom is 0.259 e. The fourth-order valence-corrected chi connectivity index (χ4v) is 5.02. The standard InChI is InChI=1S/C23H21F3N2O3/c24-15-12-16(25)20(17(26)13-15)21(29)27-10-8-23(9-11-27)22(30)28-18(6-7-19(28)31-23)14-4-2-1-3-5-14/h1-5,12-13,18-19H,6-11H2. The van der Waals surface area contributed by atoms with Gasteiger partial charge in [-0.05, 0) is 18.4 Å². The van der Waals surface area contributed by atoms with Gasteiger partial charge >= 0.3 is 0 Å². The number of likely N-dealkylation sites (tertiary alicyclic amines) is 1. The molecular weight excluding hydrogens is 409 g/mol. The first-order valence-corrected chi connectivity index (χ1v) is 10.4. The number of carbonyl (C=O) groups excluding carboxylic acids is 2. The van der Waals surface area contributed by atoms with Crippen LogP contribution in [0.1, 0.15) is 47.6 Å². The molecule has 0 saturated carbocycles. The molecule has 2 aromatic carbocycles. The molecule has 3 saturated heterocycles. The van der Waals surface area contributed by atoms with E-state index in [1.165, 1.54) is 4.90 Å². The summed E-state index contributed by atoms with van der Waals surface area (Å²) in [6.07, 6.45) is 1.76. The minimum Gasteiger partial charge on any atom is -0.342 e. The van der Waals surface area contributed by atoms with E-state index in [-0.39, 0.29) is 44.1 Å². The van der Waals surface area contributed by atoms with Crippen molar-refractivity contribution in [3.8, 4) is 0 Å². The molecule has 1 spiro atoms. The Labute approximate surface area is 177 Å². The Kier molecular flexibility index (Phi) is 4.77. The Hall–Kier alpha value is -2.87. The van der Waals surface area contributed by atoms with Crippen molar-refractivity contribution in [3.05, 3.63) is 71.0 Å². The van der Waals surface area contributed by atoms with Crippen molar-refractivity contribution in [1.29, 1.82) is 0 Å². The number of hydrogen-bond donors (Lipinski definition) is 0. The highest BCUT2D eigenvalue weighted by molar-refractivity contribution is 5.95. The molecular formula is C23H21F3N2O3. The number of fused-ring (bicyclic) bond motifs is 1. The number of benzene rings is 2. The van der Waals surface area contributed by atoms with Gasteiger partial charge in [0.25, 0.3) is 11.8 Å². The molecule has 2 amide bonds. The van der Waals surface area contributed by atoms with E-state index < -0.39 is 34.5 Å². The van der Waals surface area contributed by atoms with Crippen molar-refractivity contribution in [2.75, 3.05) is 13.1 Å². The van der Waals surface area contributed by atoms with Crippen molar-refractivity contribution in [2.24, 2.45) is 0 Å². The summed E-state index contributed by atoms with van der Waals surface area (Å²) in [5.74, 6) is -4.49. The van der Waals surface area contributed by atoms with E-state index in [4.69, 9.17) is 4.74 Å². The van der Waals surface area contributed by atoms with Gasteiger partial charge in [-0.25, -0.2) is 13.2 Å². The number of nitrogens with zero attached hydrogens (tertiary/aromatic N) is 2. The van der Waals surface area contributed by atoms with Crippen LogP contribution in [0.25, 0.3) is 0 Å². The molecule has 5 rings (SSSR count). The highest BCUT2D eigenvalue weighted by Crippen LogP contribution is 2.47. The third kappa shape index (κ3) is 3.20. The number of ether oxygens (including phenoxy) is 1. The summed E-state index contributed by atoms with van der Waals surface area (Å²) in [4.78, 5) is 29.1. The van der Waals surface area contributed by atoms with Crippen LogP contribution in [-0.4, -0.2) is 46.5 Å². The molecule has 2 atom stereocenters. The van der Waals surface area contributed by atoms with Gasteiger partial charge in [-0.3, -0.25) is 9.59 Å². The van der Waals surface area contributed by atoms with Crippen LogP contribution in [-0.2, 0) is 9.53 Å². The second kappa shape index (κ2) is 7.37. The molecule has 3 aliphatic rings. The predicted octanol–water partition coefficient (Wildman–Crippen LogP) is 3.80. The molecule has 3 heterocycles. The molecule has 0 aliphatic carbocycles. The zero-order chi connectivity index (χ0) is 21.8. The minimum atomic E-state index is -1.23. The molecule has 3 fully saturated rings. The zero-order valence-corrected chi connectivity index (χ0v) is 16.7. The van der Waals surface area contributed by atoms with Crippen LogP contribution in [0.15, 0.2) is 42.5 Å². The summed E-state index contributed by atoms with van der Waals surface area (Å²) in [6.45, 7) is 0.245. The van der Waals surface area contributed by atoms with Gasteiger partial charge in [0, 0.05) is 38.1 Å². The quantitative estimate of drug-likeness (QED) is 0.728. The first-order chi connectivity index (χ1) is 14.9. The summed E-state index contributed by atoms with van der Waals surface area (Å²) in [7, 11) is 0. The normalized spacial score (nSPS) is 24.7. The van der Waals surface area contributed by atoms with E-state index in [1.807, 2.05) is 35.2 Å². The monoisotopic (exact) mass is 430 g/mol. The van der Waals surface area contributed by atoms with Crippen molar-refractivity contribution < 1.29 is 27.5 Å². The summed E-state index contributed by atoms with van der Waals surface area (Å²) in [6, 6.07) is 10.7. The first-order valence-electron chi connectivity index (χ1n) is 10.4. The fourth-order valence-electron chi connectivity index (χ4n) is 5.02. The lowest BCUT2D eigenvalue weighted by molar-refractivity contribution is -0.142. The molecule has 0 bridgehead atoms. The first kappa shape index (κ1) is 20.1. The van der Waals surface area contributed by atoms with Crippen LogP contribution in [0.3, 0.4) is 0 Å². The second-order valence-electron chi connectivity index (χ2n) is 8.32. The largest absolute Gasteiger partial charge is 0.342 e. The summed E-state index contributed by atoms with van der Waals surface area (Å²) >= 11 is 0. The number of hydrogen-bond acceptors (Lipinski definition) is 3. The molecule has 0 N–H and O–H groups in total. The Bertz CT molecular complexity index is 1010. The van der Waals surface area contributed by atoms with Gasteiger partial charge < -0.3 is 14.5 Å². The van der Waals surface area contributed by atoms with Gasteiger partial charge in [-0.2, -0.15) is 0 Å². The Morgan fingerprint density at radius 3 is 2.29 bits per heavy atom. The second-order valence-corrected chi connectivity index (χ2v) is 8.32. The molecule has 162 valence electrons. The van der Waals surface area contributed by atoms with Crippen LogP contribution in [0.2, 0.25) is 0 Å². The molecule has 2 aromatic rings. The maximum atomic E-state index is 14.0. The lowest BCUT2D eigenvalue weighted by Gasteiger charge is -2.37. The number of carbonyl (C=O) groups is 2. The topological polar surface area (TPSA) is 49.9 Å². The van der Waals surface area contributed by atoms with Gasteiger partial charge in [0.1, 0.15) is 29.2 Å². The molecule has 8 heteroatoms. The SMILES string of the molecule is O=C(c1c(F)cc(F)cc1F)N1CCC2(CC1)OC1CCC(c3ccccc3)N1C2=O. The van der Waals surface area contributed by atoms with Gasteiger partial charge in [-0.1, -0.05) is 30.3 Å². The zero-order valence-electron chi connectivity index (χ0n) is 16.7. The highest BCUT2D eigenvalue weighted by Gasteiger charge is 2.58. The van der Waals surface area contributed by atoms with Crippen molar-refractivity contribution in [1.82, 2.24) is 9.80 Å². The van der Waals surface area contributed by atoms with Crippen LogP contribution in [0.4, 0.5) is 13.2 Å². The van der Waals surface area contributed by atoms with Crippen LogP contribution >= 0.6 is 0 Å². The lowest BCUT2D eigenvalue weighted by atomic mass is 9.89. The molecule has 31 heavy (non-hydrogen) atoms. The van der Waals surface area contributed by atoms with Gasteiger partial charge in [-0.15, -0.1) is 0 Å². The van der Waals surface area contributed by atoms with Crippen LogP contribution < -0.4 is 0 Å². The summed E-state index contributed by atoms with van der Waals surface area (Å²) < 4.78 is 47.4. The van der Waals surface area contributed by atoms with E-state index in [9.17, 15) is 22.8 Å².